The first-order valence-corrected chi connectivity index (χ1v) is 7.26. The molecule has 0 spiro atoms. The number of hydrogen-bond acceptors (Lipinski definition) is 3. The Morgan fingerprint density at radius 3 is 2.47 bits per heavy atom. The lowest BCUT2D eigenvalue weighted by Gasteiger charge is -2.27. The van der Waals surface area contributed by atoms with Gasteiger partial charge in [-0.3, -0.25) is 4.79 Å². The van der Waals surface area contributed by atoms with Gasteiger partial charge in [0.1, 0.15) is 0 Å². The summed E-state index contributed by atoms with van der Waals surface area (Å²) < 4.78 is 10.5. The average molecular weight is 330 g/mol. The molecule has 0 bridgehead atoms. The molecule has 0 aliphatic rings. The van der Waals surface area contributed by atoms with Crippen molar-refractivity contribution in [2.45, 2.75) is 19.9 Å². The van der Waals surface area contributed by atoms with Gasteiger partial charge in [0.15, 0.2) is 11.5 Å². The van der Waals surface area contributed by atoms with Gasteiger partial charge < -0.3 is 14.4 Å². The third kappa shape index (κ3) is 3.62. The molecule has 0 N–H and O–H groups in total. The van der Waals surface area contributed by atoms with Gasteiger partial charge in [-0.15, -0.1) is 0 Å². The predicted molar refractivity (Wildman–Crippen MR) is 79.5 cm³/mol. The van der Waals surface area contributed by atoms with Gasteiger partial charge in [-0.2, -0.15) is 0 Å². The number of benzene rings is 1. The van der Waals surface area contributed by atoms with Gasteiger partial charge in [-0.05, 0) is 26.0 Å². The average Bonchev–Trinajstić information content (AvgIpc) is 2.42. The Hall–Kier alpha value is -1.23. The number of carbonyl (C=O) groups excluding carboxylic acids is 1. The summed E-state index contributed by atoms with van der Waals surface area (Å²) in [6.45, 7) is 4.64. The van der Waals surface area contributed by atoms with E-state index in [4.69, 9.17) is 9.47 Å². The molecule has 0 atom stereocenters. The van der Waals surface area contributed by atoms with Crippen LogP contribution in [-0.2, 0) is 0 Å². The molecule has 19 heavy (non-hydrogen) atoms. The second-order valence-corrected chi connectivity index (χ2v) is 5.12. The van der Waals surface area contributed by atoms with E-state index in [2.05, 4.69) is 15.9 Å². The van der Waals surface area contributed by atoms with E-state index < -0.39 is 0 Å². The van der Waals surface area contributed by atoms with Crippen LogP contribution in [0.2, 0.25) is 0 Å². The molecule has 0 aliphatic heterocycles. The molecule has 0 aliphatic carbocycles. The first kappa shape index (κ1) is 15.8. The van der Waals surface area contributed by atoms with Crippen LogP contribution < -0.4 is 9.47 Å². The summed E-state index contributed by atoms with van der Waals surface area (Å²) in [5.74, 6) is 0.997. The highest BCUT2D eigenvalue weighted by Gasteiger charge is 2.23. The molecule has 1 rings (SSSR count). The van der Waals surface area contributed by atoms with Crippen LogP contribution in [0.1, 0.15) is 24.2 Å². The standard InChI is InChI=1S/C14H20BrNO3/c1-10(2)16(9-8-15)14(17)11-6-5-7-12(18-3)13(11)19-4/h5-7,10H,8-9H2,1-4H3. The van der Waals surface area contributed by atoms with Crippen molar-refractivity contribution in [1.82, 2.24) is 4.90 Å². The highest BCUT2D eigenvalue weighted by molar-refractivity contribution is 9.09. The smallest absolute Gasteiger partial charge is 0.258 e. The minimum absolute atomic E-state index is 0.0507. The maximum absolute atomic E-state index is 12.6. The molecule has 0 fully saturated rings. The van der Waals surface area contributed by atoms with Gasteiger partial charge in [0.25, 0.3) is 5.91 Å². The molecule has 5 heteroatoms. The molecule has 0 unspecified atom stereocenters. The summed E-state index contributed by atoms with van der Waals surface area (Å²) in [5, 5.41) is 0.739. The van der Waals surface area contributed by atoms with Crippen molar-refractivity contribution in [2.75, 3.05) is 26.1 Å². The van der Waals surface area contributed by atoms with Crippen LogP contribution in [0.3, 0.4) is 0 Å². The molecule has 0 heterocycles. The Morgan fingerprint density at radius 2 is 2.00 bits per heavy atom. The largest absolute Gasteiger partial charge is 0.493 e. The maximum atomic E-state index is 12.6. The highest BCUT2D eigenvalue weighted by Crippen LogP contribution is 2.31. The highest BCUT2D eigenvalue weighted by atomic mass is 79.9. The summed E-state index contributed by atoms with van der Waals surface area (Å²) in [5.41, 5.74) is 0.525. The third-order valence-electron chi connectivity index (χ3n) is 2.84. The zero-order valence-corrected chi connectivity index (χ0v) is 13.4. The Kier molecular flexibility index (Phi) is 6.15. The van der Waals surface area contributed by atoms with Crippen molar-refractivity contribution in [3.8, 4) is 11.5 Å². The summed E-state index contributed by atoms with van der Waals surface area (Å²) in [6, 6.07) is 5.45. The van der Waals surface area contributed by atoms with Crippen molar-refractivity contribution in [2.24, 2.45) is 0 Å². The molecule has 1 aromatic rings. The van der Waals surface area contributed by atoms with E-state index in [1.165, 1.54) is 0 Å². The van der Waals surface area contributed by atoms with Crippen molar-refractivity contribution < 1.29 is 14.3 Å². The van der Waals surface area contributed by atoms with Crippen molar-refractivity contribution >= 4 is 21.8 Å². The molecule has 106 valence electrons. The quantitative estimate of drug-likeness (QED) is 0.753. The fraction of sp³-hybridized carbons (Fsp3) is 0.500. The van der Waals surface area contributed by atoms with E-state index in [-0.39, 0.29) is 11.9 Å². The molecular formula is C14H20BrNO3. The summed E-state index contributed by atoms with van der Waals surface area (Å²) >= 11 is 3.37. The van der Waals surface area contributed by atoms with E-state index in [9.17, 15) is 4.79 Å². The molecule has 4 nitrogen and oxygen atoms in total. The van der Waals surface area contributed by atoms with Gasteiger partial charge in [-0.1, -0.05) is 22.0 Å². The summed E-state index contributed by atoms with van der Waals surface area (Å²) in [7, 11) is 3.10. The molecule has 1 aromatic carbocycles. The Balaban J connectivity index is 3.17. The number of nitrogens with zero attached hydrogens (tertiary/aromatic N) is 1. The van der Waals surface area contributed by atoms with Crippen LogP contribution in [-0.4, -0.2) is 42.9 Å². The fourth-order valence-electron chi connectivity index (χ4n) is 1.90. The van der Waals surface area contributed by atoms with Crippen LogP contribution in [0.15, 0.2) is 18.2 Å². The minimum atomic E-state index is -0.0507. The number of para-hydroxylation sites is 1. The Labute approximate surface area is 122 Å². The molecular weight excluding hydrogens is 310 g/mol. The number of rotatable bonds is 6. The van der Waals surface area contributed by atoms with E-state index in [0.29, 0.717) is 23.6 Å². The zero-order valence-electron chi connectivity index (χ0n) is 11.8. The minimum Gasteiger partial charge on any atom is -0.493 e. The lowest BCUT2D eigenvalue weighted by Crippen LogP contribution is -2.38. The number of carbonyl (C=O) groups is 1. The second kappa shape index (κ2) is 7.38. The molecule has 0 saturated carbocycles. The summed E-state index contributed by atoms with van der Waals surface area (Å²) in [4.78, 5) is 14.4. The predicted octanol–water partition coefficient (Wildman–Crippen LogP) is 2.95. The van der Waals surface area contributed by atoms with Crippen molar-refractivity contribution in [3.63, 3.8) is 0 Å². The Bertz CT molecular complexity index is 435. The van der Waals surface area contributed by atoms with Crippen LogP contribution in [0.4, 0.5) is 0 Å². The summed E-state index contributed by atoms with van der Waals surface area (Å²) in [6.07, 6.45) is 0. The monoisotopic (exact) mass is 329 g/mol. The normalized spacial score (nSPS) is 10.4. The molecule has 1 amide bonds. The number of hydrogen-bond donors (Lipinski definition) is 0. The number of halogens is 1. The van der Waals surface area contributed by atoms with Crippen molar-refractivity contribution in [3.05, 3.63) is 23.8 Å². The fourth-order valence-corrected chi connectivity index (χ4v) is 2.28. The number of alkyl halides is 1. The zero-order chi connectivity index (χ0) is 14.4. The molecule has 0 aromatic heterocycles. The van der Waals surface area contributed by atoms with Crippen LogP contribution in [0.5, 0.6) is 11.5 Å². The van der Waals surface area contributed by atoms with Crippen LogP contribution in [0, 0.1) is 0 Å². The van der Waals surface area contributed by atoms with E-state index in [0.717, 1.165) is 5.33 Å². The van der Waals surface area contributed by atoms with Crippen LogP contribution >= 0.6 is 15.9 Å². The van der Waals surface area contributed by atoms with Gasteiger partial charge in [0, 0.05) is 17.9 Å². The lowest BCUT2D eigenvalue weighted by atomic mass is 10.1. The SMILES string of the molecule is COc1cccc(C(=O)N(CCBr)C(C)C)c1OC. The molecule has 0 radical (unpaired) electrons. The molecule has 0 saturated heterocycles. The number of amides is 1. The number of methoxy groups -OCH3 is 2. The first-order chi connectivity index (χ1) is 9.06. The van der Waals surface area contributed by atoms with Gasteiger partial charge >= 0.3 is 0 Å². The van der Waals surface area contributed by atoms with Gasteiger partial charge in [0.05, 0.1) is 19.8 Å². The maximum Gasteiger partial charge on any atom is 0.258 e. The first-order valence-electron chi connectivity index (χ1n) is 6.14. The number of ether oxygens (including phenoxy) is 2. The Morgan fingerprint density at radius 1 is 1.32 bits per heavy atom. The lowest BCUT2D eigenvalue weighted by molar-refractivity contribution is 0.0715. The topological polar surface area (TPSA) is 38.8 Å². The third-order valence-corrected chi connectivity index (χ3v) is 3.20. The van der Waals surface area contributed by atoms with Crippen molar-refractivity contribution in [1.29, 1.82) is 0 Å². The van der Waals surface area contributed by atoms with E-state index >= 15 is 0 Å². The van der Waals surface area contributed by atoms with E-state index in [1.54, 1.807) is 37.3 Å². The second-order valence-electron chi connectivity index (χ2n) is 4.32. The van der Waals surface area contributed by atoms with E-state index in [1.807, 2.05) is 13.8 Å². The van der Waals surface area contributed by atoms with Gasteiger partial charge in [-0.25, -0.2) is 0 Å². The van der Waals surface area contributed by atoms with Gasteiger partial charge in [0.2, 0.25) is 0 Å². The van der Waals surface area contributed by atoms with Crippen LogP contribution in [0.25, 0.3) is 0 Å².